The van der Waals surface area contributed by atoms with Gasteiger partial charge in [-0.15, -0.1) is 0 Å². The highest BCUT2D eigenvalue weighted by atomic mass is 79.9. The first-order valence-electron chi connectivity index (χ1n) is 6.53. The topological polar surface area (TPSA) is 76.3 Å². The van der Waals surface area contributed by atoms with E-state index in [-0.39, 0.29) is 16.1 Å². The number of aromatic nitrogens is 1. The van der Waals surface area contributed by atoms with Gasteiger partial charge in [0.25, 0.3) is 0 Å². The lowest BCUT2D eigenvalue weighted by molar-refractivity contribution is 0.252. The molecule has 1 fully saturated rings. The number of nitrogens with zero attached hydrogens (tertiary/aromatic N) is 2. The number of anilines is 1. The molecule has 1 aliphatic heterocycles. The van der Waals surface area contributed by atoms with Crippen LogP contribution in [0.25, 0.3) is 0 Å². The summed E-state index contributed by atoms with van der Waals surface area (Å²) < 4.78 is 27.5. The molecule has 1 aliphatic rings. The summed E-state index contributed by atoms with van der Waals surface area (Å²) in [6.07, 6.45) is 2.38. The van der Waals surface area contributed by atoms with Crippen molar-refractivity contribution >= 4 is 31.8 Å². The Morgan fingerprint density at radius 3 is 2.65 bits per heavy atom. The zero-order valence-corrected chi connectivity index (χ0v) is 14.3. The van der Waals surface area contributed by atoms with E-state index in [2.05, 4.69) is 41.7 Å². The minimum absolute atomic E-state index is 0.0485. The van der Waals surface area contributed by atoms with Gasteiger partial charge in [0.2, 0.25) is 10.0 Å². The molecule has 7 heteroatoms. The molecular formula is C13H20BrN3O2S. The predicted octanol–water partition coefficient (Wildman–Crippen LogP) is 2.48. The third-order valence-electron chi connectivity index (χ3n) is 3.84. The SMILES string of the molecule is CC(C)(C)C1CCN(S(=O)(=O)c2cc(Br)cnc2N)C1. The summed E-state index contributed by atoms with van der Waals surface area (Å²) in [6.45, 7) is 7.50. The van der Waals surface area contributed by atoms with E-state index in [0.29, 0.717) is 23.5 Å². The quantitative estimate of drug-likeness (QED) is 0.877. The van der Waals surface area contributed by atoms with Gasteiger partial charge in [-0.2, -0.15) is 4.31 Å². The zero-order valence-electron chi connectivity index (χ0n) is 11.9. The maximum atomic E-state index is 12.7. The van der Waals surface area contributed by atoms with Gasteiger partial charge in [-0.25, -0.2) is 13.4 Å². The fourth-order valence-electron chi connectivity index (χ4n) is 2.43. The molecule has 20 heavy (non-hydrogen) atoms. The molecule has 1 aromatic rings. The van der Waals surface area contributed by atoms with Gasteiger partial charge in [0.1, 0.15) is 10.7 Å². The fourth-order valence-corrected chi connectivity index (χ4v) is 4.51. The number of hydrogen-bond acceptors (Lipinski definition) is 4. The Balaban J connectivity index is 2.31. The molecule has 1 atom stereocenters. The number of sulfonamides is 1. The molecule has 5 nitrogen and oxygen atoms in total. The van der Waals surface area contributed by atoms with E-state index in [4.69, 9.17) is 5.73 Å². The molecule has 1 saturated heterocycles. The van der Waals surface area contributed by atoms with Gasteiger partial charge in [0, 0.05) is 23.8 Å². The summed E-state index contributed by atoms with van der Waals surface area (Å²) in [5.74, 6) is 0.408. The van der Waals surface area contributed by atoms with E-state index in [1.807, 2.05) is 0 Å². The van der Waals surface area contributed by atoms with Gasteiger partial charge in [-0.1, -0.05) is 20.8 Å². The number of halogens is 1. The fraction of sp³-hybridized carbons (Fsp3) is 0.615. The molecule has 112 valence electrons. The van der Waals surface area contributed by atoms with Crippen molar-refractivity contribution in [1.82, 2.24) is 9.29 Å². The number of rotatable bonds is 2. The van der Waals surface area contributed by atoms with E-state index in [9.17, 15) is 8.42 Å². The summed E-state index contributed by atoms with van der Waals surface area (Å²) in [4.78, 5) is 3.99. The maximum Gasteiger partial charge on any atom is 0.246 e. The zero-order chi connectivity index (χ0) is 15.1. The molecule has 1 aromatic heterocycles. The normalized spacial score (nSPS) is 21.3. The molecule has 0 aromatic carbocycles. The van der Waals surface area contributed by atoms with Gasteiger partial charge < -0.3 is 5.73 Å². The van der Waals surface area contributed by atoms with E-state index in [1.54, 1.807) is 0 Å². The maximum absolute atomic E-state index is 12.7. The second kappa shape index (κ2) is 5.27. The van der Waals surface area contributed by atoms with Gasteiger partial charge >= 0.3 is 0 Å². The standard InChI is InChI=1S/C13H20BrN3O2S/c1-13(2,3)9-4-5-17(8-9)20(18,19)11-6-10(14)7-16-12(11)15/h6-7,9H,4-5,8H2,1-3H3,(H2,15,16). The largest absolute Gasteiger partial charge is 0.383 e. The molecule has 1 unspecified atom stereocenters. The van der Waals surface area contributed by atoms with Gasteiger partial charge in [0.15, 0.2) is 0 Å². The summed E-state index contributed by atoms with van der Waals surface area (Å²) in [6, 6.07) is 1.52. The summed E-state index contributed by atoms with van der Waals surface area (Å²) in [5, 5.41) is 0. The lowest BCUT2D eigenvalue weighted by atomic mass is 9.80. The van der Waals surface area contributed by atoms with Crippen LogP contribution in [0.15, 0.2) is 21.6 Å². The van der Waals surface area contributed by atoms with Crippen LogP contribution in [0.1, 0.15) is 27.2 Å². The molecule has 2 N–H and O–H groups in total. The number of nitrogen functional groups attached to an aromatic ring is 1. The predicted molar refractivity (Wildman–Crippen MR) is 82.7 cm³/mol. The van der Waals surface area contributed by atoms with Crippen LogP contribution in [0.3, 0.4) is 0 Å². The lowest BCUT2D eigenvalue weighted by Gasteiger charge is -2.27. The minimum atomic E-state index is -3.57. The summed E-state index contributed by atoms with van der Waals surface area (Å²) >= 11 is 3.24. The van der Waals surface area contributed by atoms with Gasteiger partial charge in [0.05, 0.1) is 0 Å². The summed E-state index contributed by atoms with van der Waals surface area (Å²) in [5.41, 5.74) is 5.83. The van der Waals surface area contributed by atoms with Crippen molar-refractivity contribution in [3.63, 3.8) is 0 Å². The molecule has 0 radical (unpaired) electrons. The Bertz CT molecular complexity index is 611. The highest BCUT2D eigenvalue weighted by Crippen LogP contribution is 2.36. The molecule has 2 rings (SSSR count). The molecule has 0 saturated carbocycles. The Kier molecular flexibility index (Phi) is 4.15. The van der Waals surface area contributed by atoms with E-state index >= 15 is 0 Å². The first kappa shape index (κ1) is 15.7. The minimum Gasteiger partial charge on any atom is -0.383 e. The number of nitrogens with two attached hydrogens (primary N) is 1. The average molecular weight is 362 g/mol. The number of pyridine rings is 1. The van der Waals surface area contributed by atoms with E-state index in [1.165, 1.54) is 16.6 Å². The first-order valence-corrected chi connectivity index (χ1v) is 8.77. The Hall–Kier alpha value is -0.660. The first-order chi connectivity index (χ1) is 9.12. The van der Waals surface area contributed by atoms with Crippen molar-refractivity contribution in [3.05, 3.63) is 16.7 Å². The van der Waals surface area contributed by atoms with Crippen molar-refractivity contribution < 1.29 is 8.42 Å². The van der Waals surface area contributed by atoms with Crippen LogP contribution >= 0.6 is 15.9 Å². The van der Waals surface area contributed by atoms with Gasteiger partial charge in [-0.3, -0.25) is 0 Å². The van der Waals surface area contributed by atoms with E-state index in [0.717, 1.165) is 6.42 Å². The van der Waals surface area contributed by atoms with Crippen LogP contribution in [0.2, 0.25) is 0 Å². The third kappa shape index (κ3) is 2.99. The van der Waals surface area contributed by atoms with Crippen LogP contribution in [0, 0.1) is 11.3 Å². The smallest absolute Gasteiger partial charge is 0.246 e. The number of hydrogen-bond donors (Lipinski definition) is 1. The molecule has 0 aliphatic carbocycles. The molecular weight excluding hydrogens is 342 g/mol. The summed E-state index contributed by atoms with van der Waals surface area (Å²) in [7, 11) is -3.57. The lowest BCUT2D eigenvalue weighted by Crippen LogP contribution is -2.31. The Morgan fingerprint density at radius 1 is 1.45 bits per heavy atom. The second-order valence-electron chi connectivity index (χ2n) is 6.25. The van der Waals surface area contributed by atoms with Crippen molar-refractivity contribution in [1.29, 1.82) is 0 Å². The third-order valence-corrected chi connectivity index (χ3v) is 6.17. The molecule has 2 heterocycles. The second-order valence-corrected chi connectivity index (χ2v) is 9.07. The Labute approximate surface area is 128 Å². The van der Waals surface area contributed by atoms with Gasteiger partial charge in [-0.05, 0) is 39.8 Å². The molecule has 0 spiro atoms. The van der Waals surface area contributed by atoms with Crippen molar-refractivity contribution in [2.24, 2.45) is 11.3 Å². The Morgan fingerprint density at radius 2 is 2.10 bits per heavy atom. The van der Waals surface area contributed by atoms with Crippen molar-refractivity contribution in [2.75, 3.05) is 18.8 Å². The molecule has 0 bridgehead atoms. The molecule has 0 amide bonds. The highest BCUT2D eigenvalue weighted by molar-refractivity contribution is 9.10. The van der Waals surface area contributed by atoms with Crippen LogP contribution in [0.4, 0.5) is 5.82 Å². The van der Waals surface area contributed by atoms with Crippen molar-refractivity contribution in [3.8, 4) is 0 Å². The van der Waals surface area contributed by atoms with E-state index < -0.39 is 10.0 Å². The highest BCUT2D eigenvalue weighted by Gasteiger charge is 2.38. The van der Waals surface area contributed by atoms with Crippen LogP contribution in [-0.4, -0.2) is 30.8 Å². The van der Waals surface area contributed by atoms with Crippen molar-refractivity contribution in [2.45, 2.75) is 32.1 Å². The van der Waals surface area contributed by atoms with Crippen LogP contribution < -0.4 is 5.73 Å². The monoisotopic (exact) mass is 361 g/mol. The van der Waals surface area contributed by atoms with Crippen LogP contribution in [-0.2, 0) is 10.0 Å². The van der Waals surface area contributed by atoms with Crippen LogP contribution in [0.5, 0.6) is 0 Å². The average Bonchev–Trinajstić information content (AvgIpc) is 2.82.